The molecule has 0 fully saturated rings. The van der Waals surface area contributed by atoms with Crippen LogP contribution in [0.3, 0.4) is 0 Å². The fourth-order valence-electron chi connectivity index (χ4n) is 3.26. The molecule has 0 bridgehead atoms. The summed E-state index contributed by atoms with van der Waals surface area (Å²) in [4.78, 5) is 14.6. The van der Waals surface area contributed by atoms with Gasteiger partial charge in [0.1, 0.15) is 11.6 Å². The molecule has 3 aromatic rings. The summed E-state index contributed by atoms with van der Waals surface area (Å²) >= 11 is 0. The second-order valence-corrected chi connectivity index (χ2v) is 9.29. The van der Waals surface area contributed by atoms with E-state index in [0.717, 1.165) is 23.4 Å². The first-order chi connectivity index (χ1) is 15.7. The summed E-state index contributed by atoms with van der Waals surface area (Å²) in [6, 6.07) is 18.2. The summed E-state index contributed by atoms with van der Waals surface area (Å²) in [5.74, 6) is -0.0480. The smallest absolute Gasteiger partial charge is 0.261 e. The first-order valence-corrected chi connectivity index (χ1v) is 11.6. The third kappa shape index (κ3) is 6.30. The quantitative estimate of drug-likeness (QED) is 0.497. The summed E-state index contributed by atoms with van der Waals surface area (Å²) in [6.07, 6.45) is 0. The minimum atomic E-state index is -3.87. The van der Waals surface area contributed by atoms with Crippen molar-refractivity contribution in [2.75, 3.05) is 32.5 Å². The number of halogens is 1. The molecule has 0 unspecified atom stereocenters. The highest BCUT2D eigenvalue weighted by molar-refractivity contribution is 7.92. The molecule has 3 rings (SSSR count). The number of hydrogen-bond acceptors (Lipinski definition) is 5. The lowest BCUT2D eigenvalue weighted by Crippen LogP contribution is -2.34. The van der Waals surface area contributed by atoms with Gasteiger partial charge < -0.3 is 15.0 Å². The van der Waals surface area contributed by atoms with Gasteiger partial charge in [0.25, 0.3) is 15.9 Å². The molecule has 0 saturated heterocycles. The Kier molecular flexibility index (Phi) is 7.67. The second kappa shape index (κ2) is 10.5. The Morgan fingerprint density at radius 3 is 2.30 bits per heavy atom. The van der Waals surface area contributed by atoms with E-state index in [1.165, 1.54) is 36.4 Å². The van der Waals surface area contributed by atoms with Crippen molar-refractivity contribution < 1.29 is 22.3 Å². The predicted molar refractivity (Wildman–Crippen MR) is 125 cm³/mol. The molecule has 2 N–H and O–H groups in total. The van der Waals surface area contributed by atoms with Gasteiger partial charge in [0, 0.05) is 17.8 Å². The zero-order valence-electron chi connectivity index (χ0n) is 18.6. The minimum Gasteiger partial charge on any atom is -0.497 e. The van der Waals surface area contributed by atoms with Crippen molar-refractivity contribution >= 4 is 21.6 Å². The molecule has 0 aromatic heterocycles. The van der Waals surface area contributed by atoms with Crippen LogP contribution in [-0.4, -0.2) is 47.0 Å². The van der Waals surface area contributed by atoms with Crippen LogP contribution in [0.2, 0.25) is 0 Å². The largest absolute Gasteiger partial charge is 0.497 e. The molecule has 7 nitrogen and oxygen atoms in total. The average Bonchev–Trinajstić information content (AvgIpc) is 2.80. The van der Waals surface area contributed by atoms with Crippen molar-refractivity contribution in [1.82, 2.24) is 10.2 Å². The summed E-state index contributed by atoms with van der Waals surface area (Å²) in [7, 11) is 1.57. The van der Waals surface area contributed by atoms with Crippen molar-refractivity contribution in [2.24, 2.45) is 0 Å². The van der Waals surface area contributed by atoms with Crippen molar-refractivity contribution in [3.05, 3.63) is 89.7 Å². The third-order valence-electron chi connectivity index (χ3n) is 5.08. The maximum absolute atomic E-state index is 13.0. The molecule has 3 aromatic carbocycles. The summed E-state index contributed by atoms with van der Waals surface area (Å²) in [6.45, 7) is 0.352. The van der Waals surface area contributed by atoms with Crippen LogP contribution in [0.5, 0.6) is 5.75 Å². The number of nitrogens with zero attached hydrogens (tertiary/aromatic N) is 1. The van der Waals surface area contributed by atoms with Gasteiger partial charge in [0.15, 0.2) is 0 Å². The fraction of sp³-hybridized carbons (Fsp3) is 0.208. The van der Waals surface area contributed by atoms with Crippen LogP contribution >= 0.6 is 0 Å². The van der Waals surface area contributed by atoms with Crippen LogP contribution in [0, 0.1) is 5.82 Å². The predicted octanol–water partition coefficient (Wildman–Crippen LogP) is 3.67. The first-order valence-electron chi connectivity index (χ1n) is 10.2. The second-order valence-electron chi connectivity index (χ2n) is 7.60. The number of anilines is 1. The van der Waals surface area contributed by atoms with Gasteiger partial charge in [-0.05, 0) is 80.3 Å². The Bertz CT molecular complexity index is 1200. The number of benzene rings is 3. The lowest BCUT2D eigenvalue weighted by molar-refractivity contribution is 0.0942. The molecule has 0 aliphatic heterocycles. The lowest BCUT2D eigenvalue weighted by Gasteiger charge is -2.25. The Balaban J connectivity index is 1.67. The van der Waals surface area contributed by atoms with Crippen molar-refractivity contribution in [3.8, 4) is 5.75 Å². The van der Waals surface area contributed by atoms with Crippen LogP contribution in [0.15, 0.2) is 77.7 Å². The van der Waals surface area contributed by atoms with E-state index in [4.69, 9.17) is 4.74 Å². The molecule has 0 spiro atoms. The Morgan fingerprint density at radius 1 is 1.03 bits per heavy atom. The highest BCUT2D eigenvalue weighted by atomic mass is 32.2. The molecule has 33 heavy (non-hydrogen) atoms. The Labute approximate surface area is 193 Å². The molecule has 0 radical (unpaired) electrons. The monoisotopic (exact) mass is 471 g/mol. The van der Waals surface area contributed by atoms with Crippen molar-refractivity contribution in [2.45, 2.75) is 10.9 Å². The number of sulfonamides is 1. The summed E-state index contributed by atoms with van der Waals surface area (Å²) < 4.78 is 45.8. The number of carbonyl (C=O) groups is 1. The SMILES string of the molecule is COc1cccc([C@H](CNC(=O)c2ccc(S(=O)(=O)Nc3ccc(F)cc3)cc2)N(C)C)c1. The van der Waals surface area contributed by atoms with Gasteiger partial charge in [-0.15, -0.1) is 0 Å². The number of ether oxygens (including phenoxy) is 1. The molecule has 9 heteroatoms. The van der Waals surface area contributed by atoms with Crippen LogP contribution in [0.4, 0.5) is 10.1 Å². The number of methoxy groups -OCH3 is 1. The number of hydrogen-bond donors (Lipinski definition) is 2. The average molecular weight is 472 g/mol. The van der Waals surface area contributed by atoms with Crippen LogP contribution in [0.25, 0.3) is 0 Å². The number of rotatable bonds is 9. The Morgan fingerprint density at radius 2 is 1.70 bits per heavy atom. The molecule has 1 amide bonds. The van der Waals surface area contributed by atoms with Gasteiger partial charge in [-0.3, -0.25) is 9.52 Å². The van der Waals surface area contributed by atoms with Crippen molar-refractivity contribution in [3.63, 3.8) is 0 Å². The molecule has 0 aliphatic rings. The molecule has 1 atom stereocenters. The number of carbonyl (C=O) groups excluding carboxylic acids is 1. The van der Waals surface area contributed by atoms with E-state index < -0.39 is 15.8 Å². The van der Waals surface area contributed by atoms with E-state index in [1.54, 1.807) is 7.11 Å². The molecular weight excluding hydrogens is 445 g/mol. The zero-order chi connectivity index (χ0) is 24.0. The van der Waals surface area contributed by atoms with E-state index in [1.807, 2.05) is 43.3 Å². The zero-order valence-corrected chi connectivity index (χ0v) is 19.4. The molecule has 0 saturated carbocycles. The highest BCUT2D eigenvalue weighted by Crippen LogP contribution is 2.22. The summed E-state index contributed by atoms with van der Waals surface area (Å²) in [5.41, 5.74) is 1.57. The fourth-order valence-corrected chi connectivity index (χ4v) is 4.31. The third-order valence-corrected chi connectivity index (χ3v) is 6.48. The highest BCUT2D eigenvalue weighted by Gasteiger charge is 2.18. The van der Waals surface area contributed by atoms with Crippen LogP contribution in [0.1, 0.15) is 22.0 Å². The Hall–Kier alpha value is -3.43. The topological polar surface area (TPSA) is 87.7 Å². The van der Waals surface area contributed by atoms with E-state index >= 15 is 0 Å². The van der Waals surface area contributed by atoms with E-state index in [2.05, 4.69) is 10.0 Å². The lowest BCUT2D eigenvalue weighted by atomic mass is 10.1. The number of nitrogens with one attached hydrogen (secondary N) is 2. The van der Waals surface area contributed by atoms with Gasteiger partial charge in [0.05, 0.1) is 18.0 Å². The molecule has 174 valence electrons. The first kappa shape index (κ1) is 24.2. The van der Waals surface area contributed by atoms with Gasteiger partial charge in [-0.1, -0.05) is 12.1 Å². The van der Waals surface area contributed by atoms with Gasteiger partial charge in [0.2, 0.25) is 0 Å². The van der Waals surface area contributed by atoms with Gasteiger partial charge in [-0.25, -0.2) is 12.8 Å². The van der Waals surface area contributed by atoms with E-state index in [0.29, 0.717) is 12.1 Å². The van der Waals surface area contributed by atoms with Crippen LogP contribution in [-0.2, 0) is 10.0 Å². The van der Waals surface area contributed by atoms with E-state index in [-0.39, 0.29) is 22.5 Å². The van der Waals surface area contributed by atoms with Gasteiger partial charge in [-0.2, -0.15) is 0 Å². The number of amides is 1. The van der Waals surface area contributed by atoms with Crippen LogP contribution < -0.4 is 14.8 Å². The standard InChI is InChI=1S/C24H26FN3O4S/c1-28(2)23(18-5-4-6-21(15-18)32-3)16-26-24(29)17-7-13-22(14-8-17)33(30,31)27-20-11-9-19(25)10-12-20/h4-15,23,27H,16H2,1-3H3,(H,26,29)/t23-/m0/s1. The molecular formula is C24H26FN3O4S. The number of likely N-dealkylation sites (N-methyl/N-ethyl adjacent to an activating group) is 1. The van der Waals surface area contributed by atoms with Crippen molar-refractivity contribution in [1.29, 1.82) is 0 Å². The van der Waals surface area contributed by atoms with E-state index in [9.17, 15) is 17.6 Å². The summed E-state index contributed by atoms with van der Waals surface area (Å²) in [5, 5.41) is 2.90. The molecule has 0 heterocycles. The molecule has 0 aliphatic carbocycles. The maximum Gasteiger partial charge on any atom is 0.261 e. The minimum absolute atomic E-state index is 0.00840. The normalized spacial score (nSPS) is 12.3. The van der Waals surface area contributed by atoms with Gasteiger partial charge >= 0.3 is 0 Å². The maximum atomic E-state index is 13.0.